The van der Waals surface area contributed by atoms with Gasteiger partial charge in [0.1, 0.15) is 11.6 Å². The van der Waals surface area contributed by atoms with E-state index in [0.29, 0.717) is 25.3 Å². The molecule has 100 valence electrons. The number of methoxy groups -OCH3 is 1. The topological polar surface area (TPSA) is 58.6 Å². The number of halogens is 1. The van der Waals surface area contributed by atoms with Crippen molar-refractivity contribution in [3.63, 3.8) is 0 Å². The first kappa shape index (κ1) is 14.4. The van der Waals surface area contributed by atoms with Gasteiger partial charge in [0.2, 0.25) is 0 Å². The Bertz CT molecular complexity index is 396. The first-order chi connectivity index (χ1) is 8.63. The Balaban J connectivity index is 2.30. The van der Waals surface area contributed by atoms with Crippen molar-refractivity contribution in [2.45, 2.75) is 25.8 Å². The molecular weight excluding hydrogens is 237 g/mol. The minimum absolute atomic E-state index is 0.185. The summed E-state index contributed by atoms with van der Waals surface area (Å²) in [7, 11) is 1.55. The monoisotopic (exact) mass is 255 g/mol. The van der Waals surface area contributed by atoms with Crippen LogP contribution in [-0.4, -0.2) is 24.7 Å². The molecule has 1 rings (SSSR count). The van der Waals surface area contributed by atoms with Crippen LogP contribution in [0.25, 0.3) is 0 Å². The molecule has 0 saturated carbocycles. The lowest BCUT2D eigenvalue weighted by Gasteiger charge is -2.09. The van der Waals surface area contributed by atoms with E-state index in [9.17, 15) is 9.18 Å². The fourth-order valence-corrected chi connectivity index (χ4v) is 1.63. The number of hydrogen-bond donors (Lipinski definition) is 2. The van der Waals surface area contributed by atoms with E-state index in [1.54, 1.807) is 13.2 Å². The highest BCUT2D eigenvalue weighted by Gasteiger charge is 2.04. The van der Waals surface area contributed by atoms with Gasteiger partial charge in [-0.1, -0.05) is 0 Å². The zero-order chi connectivity index (χ0) is 13.4. The number of ether oxygens (including phenoxy) is 1. The number of unbranched alkanes of at least 4 members (excludes halogenated alkanes) is 1. The molecule has 0 aliphatic heterocycles. The third kappa shape index (κ3) is 5.14. The summed E-state index contributed by atoms with van der Waals surface area (Å²) < 4.78 is 18.2. The van der Waals surface area contributed by atoms with Crippen LogP contribution >= 0.6 is 0 Å². The van der Waals surface area contributed by atoms with Crippen LogP contribution < -0.4 is 10.1 Å². The van der Waals surface area contributed by atoms with Crippen LogP contribution in [0.2, 0.25) is 0 Å². The molecule has 0 spiro atoms. The molecule has 1 aromatic carbocycles. The Labute approximate surface area is 106 Å². The van der Waals surface area contributed by atoms with Crippen molar-refractivity contribution in [1.29, 1.82) is 0 Å². The van der Waals surface area contributed by atoms with Gasteiger partial charge >= 0.3 is 5.97 Å². The molecule has 0 saturated heterocycles. The second kappa shape index (κ2) is 7.66. The molecule has 0 amide bonds. The van der Waals surface area contributed by atoms with Gasteiger partial charge in [-0.2, -0.15) is 0 Å². The van der Waals surface area contributed by atoms with Crippen LogP contribution in [0.5, 0.6) is 5.75 Å². The minimum Gasteiger partial charge on any atom is -0.496 e. The molecule has 18 heavy (non-hydrogen) atoms. The lowest BCUT2D eigenvalue weighted by molar-refractivity contribution is -0.137. The summed E-state index contributed by atoms with van der Waals surface area (Å²) in [5.41, 5.74) is 0.760. The molecule has 0 radical (unpaired) electrons. The van der Waals surface area contributed by atoms with Crippen LogP contribution in [0.1, 0.15) is 24.8 Å². The maximum absolute atomic E-state index is 13.1. The first-order valence-corrected chi connectivity index (χ1v) is 5.88. The quantitative estimate of drug-likeness (QED) is 0.699. The van der Waals surface area contributed by atoms with Crippen molar-refractivity contribution in [3.05, 3.63) is 29.6 Å². The fourth-order valence-electron chi connectivity index (χ4n) is 1.63. The Morgan fingerprint density at radius 2 is 2.22 bits per heavy atom. The van der Waals surface area contributed by atoms with E-state index in [1.165, 1.54) is 12.1 Å². The highest BCUT2D eigenvalue weighted by atomic mass is 19.1. The number of nitrogens with one attached hydrogen (secondary N) is 1. The third-order valence-corrected chi connectivity index (χ3v) is 2.55. The molecule has 1 aromatic rings. The summed E-state index contributed by atoms with van der Waals surface area (Å²) >= 11 is 0. The number of aliphatic carboxylic acids is 1. The smallest absolute Gasteiger partial charge is 0.303 e. The number of carboxylic acid groups (broad SMARTS) is 1. The highest BCUT2D eigenvalue weighted by molar-refractivity contribution is 5.66. The average molecular weight is 255 g/mol. The molecule has 0 atom stereocenters. The molecule has 0 aliphatic rings. The van der Waals surface area contributed by atoms with Gasteiger partial charge in [0.25, 0.3) is 0 Å². The van der Waals surface area contributed by atoms with E-state index in [-0.39, 0.29) is 12.2 Å². The Morgan fingerprint density at radius 3 is 2.89 bits per heavy atom. The van der Waals surface area contributed by atoms with Crippen molar-refractivity contribution >= 4 is 5.97 Å². The number of hydrogen-bond acceptors (Lipinski definition) is 3. The summed E-state index contributed by atoms with van der Waals surface area (Å²) in [5, 5.41) is 11.6. The lowest BCUT2D eigenvalue weighted by atomic mass is 10.2. The van der Waals surface area contributed by atoms with Crippen molar-refractivity contribution in [2.24, 2.45) is 0 Å². The summed E-state index contributed by atoms with van der Waals surface area (Å²) in [6, 6.07) is 4.38. The number of benzene rings is 1. The van der Waals surface area contributed by atoms with Crippen molar-refractivity contribution in [3.8, 4) is 5.75 Å². The van der Waals surface area contributed by atoms with E-state index in [2.05, 4.69) is 5.32 Å². The van der Waals surface area contributed by atoms with Gasteiger partial charge in [-0.15, -0.1) is 0 Å². The standard InChI is InChI=1S/C13H18FNO3/c1-18-12-6-5-11(14)8-10(12)9-15-7-3-2-4-13(16)17/h5-6,8,15H,2-4,7,9H2,1H3,(H,16,17). The van der Waals surface area contributed by atoms with Gasteiger partial charge in [0.15, 0.2) is 0 Å². The third-order valence-electron chi connectivity index (χ3n) is 2.55. The Kier molecular flexibility index (Phi) is 6.14. The van der Waals surface area contributed by atoms with Crippen molar-refractivity contribution < 1.29 is 19.0 Å². The fraction of sp³-hybridized carbons (Fsp3) is 0.462. The zero-order valence-corrected chi connectivity index (χ0v) is 10.4. The molecule has 5 heteroatoms. The van der Waals surface area contributed by atoms with Crippen LogP contribution in [0, 0.1) is 5.82 Å². The predicted molar refractivity (Wildman–Crippen MR) is 66.1 cm³/mol. The van der Waals surface area contributed by atoms with Crippen LogP contribution in [0.4, 0.5) is 4.39 Å². The maximum atomic E-state index is 13.1. The van der Waals surface area contributed by atoms with Crippen molar-refractivity contribution in [1.82, 2.24) is 5.32 Å². The van der Waals surface area contributed by atoms with Crippen LogP contribution in [0.15, 0.2) is 18.2 Å². The van der Waals surface area contributed by atoms with Crippen molar-refractivity contribution in [2.75, 3.05) is 13.7 Å². The Hall–Kier alpha value is -1.62. The molecule has 4 nitrogen and oxygen atoms in total. The minimum atomic E-state index is -0.776. The largest absolute Gasteiger partial charge is 0.496 e. The highest BCUT2D eigenvalue weighted by Crippen LogP contribution is 2.18. The number of carboxylic acids is 1. The summed E-state index contributed by atoms with van der Waals surface area (Å²) in [4.78, 5) is 10.3. The summed E-state index contributed by atoms with van der Waals surface area (Å²) in [5.74, 6) is -0.422. The van der Waals surface area contributed by atoms with Gasteiger partial charge in [-0.05, 0) is 37.6 Å². The Morgan fingerprint density at radius 1 is 1.44 bits per heavy atom. The number of rotatable bonds is 8. The molecule has 0 bridgehead atoms. The van der Waals surface area contributed by atoms with E-state index in [1.807, 2.05) is 0 Å². The predicted octanol–water partition coefficient (Wildman–Crippen LogP) is 2.18. The molecule has 0 unspecified atom stereocenters. The van der Waals surface area contributed by atoms with E-state index >= 15 is 0 Å². The SMILES string of the molecule is COc1ccc(F)cc1CNCCCCC(=O)O. The van der Waals surface area contributed by atoms with E-state index in [4.69, 9.17) is 9.84 Å². The lowest BCUT2D eigenvalue weighted by Crippen LogP contribution is -2.15. The second-order valence-electron chi connectivity index (χ2n) is 3.98. The first-order valence-electron chi connectivity index (χ1n) is 5.88. The number of carbonyl (C=O) groups is 1. The molecule has 0 fully saturated rings. The molecule has 0 aromatic heterocycles. The zero-order valence-electron chi connectivity index (χ0n) is 10.4. The van der Waals surface area contributed by atoms with Gasteiger partial charge in [-0.3, -0.25) is 4.79 Å². The van der Waals surface area contributed by atoms with E-state index < -0.39 is 5.97 Å². The average Bonchev–Trinajstić information content (AvgIpc) is 2.33. The van der Waals surface area contributed by atoms with Gasteiger partial charge in [-0.25, -0.2) is 4.39 Å². The molecule has 0 heterocycles. The molecular formula is C13H18FNO3. The second-order valence-corrected chi connectivity index (χ2v) is 3.98. The molecule has 2 N–H and O–H groups in total. The van der Waals surface area contributed by atoms with E-state index in [0.717, 1.165) is 12.0 Å². The van der Waals surface area contributed by atoms with Crippen LogP contribution in [-0.2, 0) is 11.3 Å². The van der Waals surface area contributed by atoms with Gasteiger partial charge in [0.05, 0.1) is 7.11 Å². The van der Waals surface area contributed by atoms with Gasteiger partial charge < -0.3 is 15.2 Å². The maximum Gasteiger partial charge on any atom is 0.303 e. The molecule has 0 aliphatic carbocycles. The summed E-state index contributed by atoms with van der Waals surface area (Å²) in [6.07, 6.45) is 1.61. The normalized spacial score (nSPS) is 10.3. The van der Waals surface area contributed by atoms with Gasteiger partial charge in [0, 0.05) is 18.5 Å². The summed E-state index contributed by atoms with van der Waals surface area (Å²) in [6.45, 7) is 1.21. The van der Waals surface area contributed by atoms with Crippen LogP contribution in [0.3, 0.4) is 0 Å².